The second-order valence-electron chi connectivity index (χ2n) is 5.14. The van der Waals surface area contributed by atoms with Crippen molar-refractivity contribution in [2.24, 2.45) is 0 Å². The van der Waals surface area contributed by atoms with Crippen molar-refractivity contribution in [3.63, 3.8) is 0 Å². The van der Waals surface area contributed by atoms with E-state index in [0.29, 0.717) is 0 Å². The highest BCUT2D eigenvalue weighted by atomic mass is 16.5. The Kier molecular flexibility index (Phi) is 10.0. The van der Waals surface area contributed by atoms with E-state index in [9.17, 15) is 0 Å². The van der Waals surface area contributed by atoms with Crippen LogP contribution in [0.2, 0.25) is 0 Å². The predicted octanol–water partition coefficient (Wildman–Crippen LogP) is 3.75. The van der Waals surface area contributed by atoms with Gasteiger partial charge in [0.05, 0.1) is 5.60 Å². The topological polar surface area (TPSA) is 21.3 Å². The summed E-state index contributed by atoms with van der Waals surface area (Å²) in [5, 5.41) is 3.48. The van der Waals surface area contributed by atoms with Crippen molar-refractivity contribution in [1.82, 2.24) is 5.32 Å². The second kappa shape index (κ2) is 10.1. The Labute approximate surface area is 102 Å². The summed E-state index contributed by atoms with van der Waals surface area (Å²) < 4.78 is 5.63. The first kappa shape index (κ1) is 15.9. The Morgan fingerprint density at radius 1 is 0.938 bits per heavy atom. The van der Waals surface area contributed by atoms with Gasteiger partial charge >= 0.3 is 0 Å². The zero-order valence-corrected chi connectivity index (χ0v) is 11.8. The summed E-state index contributed by atoms with van der Waals surface area (Å²) >= 11 is 0. The summed E-state index contributed by atoms with van der Waals surface area (Å²) in [7, 11) is 0. The molecule has 0 fully saturated rings. The lowest BCUT2D eigenvalue weighted by atomic mass is 10.1. The third kappa shape index (κ3) is 10.4. The molecule has 2 heteroatoms. The Bertz CT molecular complexity index is 146. The molecule has 0 spiro atoms. The lowest BCUT2D eigenvalue weighted by Crippen LogP contribution is -2.38. The molecule has 1 N–H and O–H groups in total. The van der Waals surface area contributed by atoms with Gasteiger partial charge in [-0.25, -0.2) is 0 Å². The van der Waals surface area contributed by atoms with Gasteiger partial charge in [-0.1, -0.05) is 39.0 Å². The maximum atomic E-state index is 5.63. The maximum absolute atomic E-state index is 5.63. The molecule has 0 atom stereocenters. The van der Waals surface area contributed by atoms with Crippen molar-refractivity contribution in [3.05, 3.63) is 0 Å². The first-order valence-electron chi connectivity index (χ1n) is 6.97. The van der Waals surface area contributed by atoms with Gasteiger partial charge in [-0.2, -0.15) is 0 Å². The zero-order chi connectivity index (χ0) is 12.3. The van der Waals surface area contributed by atoms with E-state index in [2.05, 4.69) is 33.0 Å². The van der Waals surface area contributed by atoms with Gasteiger partial charge in [-0.05, 0) is 33.7 Å². The molecule has 0 bridgehead atoms. The van der Waals surface area contributed by atoms with Crippen molar-refractivity contribution < 1.29 is 4.74 Å². The highest BCUT2D eigenvalue weighted by Gasteiger charge is 2.15. The lowest BCUT2D eigenvalue weighted by Gasteiger charge is -2.25. The minimum atomic E-state index is -0.0169. The number of unbranched alkanes of at least 4 members (excludes halogenated alkanes) is 5. The molecule has 0 radical (unpaired) electrons. The number of rotatable bonds is 11. The second-order valence-corrected chi connectivity index (χ2v) is 5.14. The van der Waals surface area contributed by atoms with Gasteiger partial charge in [0.2, 0.25) is 0 Å². The van der Waals surface area contributed by atoms with Crippen LogP contribution in [0, 0.1) is 0 Å². The fourth-order valence-corrected chi connectivity index (χ4v) is 1.86. The number of nitrogens with one attached hydrogen (secondary N) is 1. The molecule has 0 amide bonds. The molecule has 0 heterocycles. The first-order valence-corrected chi connectivity index (χ1v) is 6.97. The average Bonchev–Trinajstić information content (AvgIpc) is 2.22. The average molecular weight is 229 g/mol. The van der Waals surface area contributed by atoms with E-state index in [4.69, 9.17) is 4.74 Å². The van der Waals surface area contributed by atoms with Crippen LogP contribution < -0.4 is 5.32 Å². The Balaban J connectivity index is 3.20. The fourth-order valence-electron chi connectivity index (χ4n) is 1.86. The Morgan fingerprint density at radius 2 is 1.56 bits per heavy atom. The van der Waals surface area contributed by atoms with Crippen LogP contribution in [-0.2, 0) is 4.74 Å². The van der Waals surface area contributed by atoms with Crippen molar-refractivity contribution in [2.75, 3.05) is 19.7 Å². The molecular formula is C14H31NO. The van der Waals surface area contributed by atoms with E-state index >= 15 is 0 Å². The SMILES string of the molecule is CCCCCCCCNCC(C)(C)OCC. The van der Waals surface area contributed by atoms with Crippen LogP contribution in [0.3, 0.4) is 0 Å². The molecule has 0 aliphatic heterocycles. The van der Waals surface area contributed by atoms with E-state index in [0.717, 1.165) is 19.7 Å². The molecule has 0 aromatic rings. The van der Waals surface area contributed by atoms with E-state index in [1.807, 2.05) is 0 Å². The van der Waals surface area contributed by atoms with Crippen LogP contribution >= 0.6 is 0 Å². The summed E-state index contributed by atoms with van der Waals surface area (Å²) in [5.74, 6) is 0. The normalized spacial score (nSPS) is 12.0. The van der Waals surface area contributed by atoms with Gasteiger partial charge in [-0.3, -0.25) is 0 Å². The van der Waals surface area contributed by atoms with Gasteiger partial charge in [0, 0.05) is 13.2 Å². The number of hydrogen-bond acceptors (Lipinski definition) is 2. The summed E-state index contributed by atoms with van der Waals surface area (Å²) in [6.45, 7) is 11.5. The predicted molar refractivity (Wildman–Crippen MR) is 72.0 cm³/mol. The van der Waals surface area contributed by atoms with Crippen LogP contribution in [0.4, 0.5) is 0 Å². The standard InChI is InChI=1S/C14H31NO/c1-5-7-8-9-10-11-12-15-13-14(3,4)16-6-2/h15H,5-13H2,1-4H3. The van der Waals surface area contributed by atoms with Crippen LogP contribution in [-0.4, -0.2) is 25.3 Å². The van der Waals surface area contributed by atoms with Gasteiger partial charge in [-0.15, -0.1) is 0 Å². The molecule has 16 heavy (non-hydrogen) atoms. The molecule has 0 unspecified atom stereocenters. The van der Waals surface area contributed by atoms with Crippen molar-refractivity contribution in [3.8, 4) is 0 Å². The molecule has 0 saturated carbocycles. The molecule has 0 aromatic carbocycles. The van der Waals surface area contributed by atoms with Gasteiger partial charge in [0.1, 0.15) is 0 Å². The molecule has 0 rings (SSSR count). The third-order valence-corrected chi connectivity index (χ3v) is 2.79. The highest BCUT2D eigenvalue weighted by Crippen LogP contribution is 2.07. The van der Waals surface area contributed by atoms with Gasteiger partial charge in [0.15, 0.2) is 0 Å². The quantitative estimate of drug-likeness (QED) is 0.545. The Hall–Kier alpha value is -0.0800. The molecule has 0 saturated heterocycles. The maximum Gasteiger partial charge on any atom is 0.0750 e. The monoisotopic (exact) mass is 229 g/mol. The van der Waals surface area contributed by atoms with Gasteiger partial charge in [0.25, 0.3) is 0 Å². The lowest BCUT2D eigenvalue weighted by molar-refractivity contribution is -0.00867. The molecule has 0 aromatic heterocycles. The van der Waals surface area contributed by atoms with E-state index < -0.39 is 0 Å². The first-order chi connectivity index (χ1) is 7.62. The van der Waals surface area contributed by atoms with Crippen molar-refractivity contribution >= 4 is 0 Å². The number of ether oxygens (including phenoxy) is 1. The van der Waals surface area contributed by atoms with Crippen LogP contribution in [0.5, 0.6) is 0 Å². The third-order valence-electron chi connectivity index (χ3n) is 2.79. The minimum absolute atomic E-state index is 0.0169. The molecule has 0 aliphatic carbocycles. The fraction of sp³-hybridized carbons (Fsp3) is 1.00. The van der Waals surface area contributed by atoms with Crippen LogP contribution in [0.1, 0.15) is 66.2 Å². The van der Waals surface area contributed by atoms with E-state index in [1.165, 1.54) is 38.5 Å². The summed E-state index contributed by atoms with van der Waals surface area (Å²) in [6.07, 6.45) is 8.19. The Morgan fingerprint density at radius 3 is 2.19 bits per heavy atom. The zero-order valence-electron chi connectivity index (χ0n) is 11.8. The largest absolute Gasteiger partial charge is 0.375 e. The summed E-state index contributed by atoms with van der Waals surface area (Å²) in [4.78, 5) is 0. The van der Waals surface area contributed by atoms with Crippen LogP contribution in [0.25, 0.3) is 0 Å². The highest BCUT2D eigenvalue weighted by molar-refractivity contribution is 4.71. The molecule has 2 nitrogen and oxygen atoms in total. The van der Waals surface area contributed by atoms with E-state index in [-0.39, 0.29) is 5.60 Å². The summed E-state index contributed by atoms with van der Waals surface area (Å²) in [6, 6.07) is 0. The minimum Gasteiger partial charge on any atom is -0.375 e. The van der Waals surface area contributed by atoms with Crippen molar-refractivity contribution in [2.45, 2.75) is 71.8 Å². The van der Waals surface area contributed by atoms with Gasteiger partial charge < -0.3 is 10.1 Å². The molecular weight excluding hydrogens is 198 g/mol. The van der Waals surface area contributed by atoms with E-state index in [1.54, 1.807) is 0 Å². The molecule has 98 valence electrons. The smallest absolute Gasteiger partial charge is 0.0750 e. The molecule has 0 aliphatic rings. The van der Waals surface area contributed by atoms with Crippen molar-refractivity contribution in [1.29, 1.82) is 0 Å². The number of hydrogen-bond donors (Lipinski definition) is 1. The summed E-state index contributed by atoms with van der Waals surface area (Å²) in [5.41, 5.74) is -0.0169. The van der Waals surface area contributed by atoms with Crippen LogP contribution in [0.15, 0.2) is 0 Å².